The van der Waals surface area contributed by atoms with E-state index in [9.17, 15) is 0 Å². The quantitative estimate of drug-likeness (QED) is 0.152. The SMILES string of the molecule is CCc1c(-c2ccccc2)nc(-c2ccc(-c3ccccc3)cc2)nc1-c1cc2c(cc1-c1ccc3sc4ccccc4c3c1)C(c1ccccc1)(c1ccccc1)c1ccccc1-2. The lowest BCUT2D eigenvalue weighted by atomic mass is 9.67. The lowest BCUT2D eigenvalue weighted by molar-refractivity contribution is 0.769. The standard InChI is InChI=1S/C61H42N2S/c1-2-47-58(42-21-9-4-10-22-42)62-60(43-33-31-41(32-34-43)40-19-7-3-8-20-40)63-59(47)53-38-51-48-27-15-17-29-54(48)61(45-23-11-5-12-24-45,46-25-13-6-14-26-46)55(51)39-50(53)44-35-36-57-52(37-44)49-28-16-18-30-56(49)64-57/h3-39H,2H2,1H3. The van der Waals surface area contributed by atoms with Crippen molar-refractivity contribution in [1.82, 2.24) is 9.97 Å². The summed E-state index contributed by atoms with van der Waals surface area (Å²) in [6.07, 6.45) is 0.756. The zero-order valence-electron chi connectivity index (χ0n) is 35.4. The van der Waals surface area contributed by atoms with E-state index in [2.05, 4.69) is 231 Å². The molecule has 1 aliphatic rings. The van der Waals surface area contributed by atoms with Crippen molar-refractivity contribution in [2.45, 2.75) is 18.8 Å². The van der Waals surface area contributed by atoms with Crippen molar-refractivity contribution in [3.63, 3.8) is 0 Å². The Morgan fingerprint density at radius 3 is 1.62 bits per heavy atom. The van der Waals surface area contributed by atoms with Crippen LogP contribution in [0.2, 0.25) is 0 Å². The molecule has 11 aromatic rings. The number of rotatable bonds is 8. The van der Waals surface area contributed by atoms with Crippen LogP contribution in [0.4, 0.5) is 0 Å². The summed E-state index contributed by atoms with van der Waals surface area (Å²) in [4.78, 5) is 11.1. The molecular weight excluding hydrogens is 793 g/mol. The van der Waals surface area contributed by atoms with E-state index in [0.29, 0.717) is 5.82 Å². The van der Waals surface area contributed by atoms with Gasteiger partial charge in [-0.15, -0.1) is 11.3 Å². The topological polar surface area (TPSA) is 25.8 Å². The van der Waals surface area contributed by atoms with Crippen molar-refractivity contribution in [3.8, 4) is 67.3 Å². The van der Waals surface area contributed by atoms with Crippen molar-refractivity contribution in [2.24, 2.45) is 0 Å². The Balaban J connectivity index is 1.19. The monoisotopic (exact) mass is 834 g/mol. The second-order valence-electron chi connectivity index (χ2n) is 16.7. The van der Waals surface area contributed by atoms with Gasteiger partial charge in [0.05, 0.1) is 16.8 Å². The first-order valence-electron chi connectivity index (χ1n) is 22.1. The maximum Gasteiger partial charge on any atom is 0.160 e. The molecule has 0 unspecified atom stereocenters. The van der Waals surface area contributed by atoms with Gasteiger partial charge >= 0.3 is 0 Å². The minimum atomic E-state index is -0.555. The molecule has 0 saturated heterocycles. The molecule has 3 heteroatoms. The summed E-state index contributed by atoms with van der Waals surface area (Å²) in [6.45, 7) is 2.24. The molecule has 2 aromatic heterocycles. The number of thiophene rings is 1. The largest absolute Gasteiger partial charge is 0.228 e. The zero-order chi connectivity index (χ0) is 42.6. The Morgan fingerprint density at radius 1 is 0.375 bits per heavy atom. The Hall–Kier alpha value is -7.72. The van der Waals surface area contributed by atoms with Gasteiger partial charge in [-0.2, -0.15) is 0 Å². The summed E-state index contributed by atoms with van der Waals surface area (Å²) in [5.74, 6) is 0.708. The average molecular weight is 835 g/mol. The van der Waals surface area contributed by atoms with Crippen molar-refractivity contribution in [1.29, 1.82) is 0 Å². The molecule has 0 N–H and O–H groups in total. The molecule has 2 nitrogen and oxygen atoms in total. The minimum absolute atomic E-state index is 0.555. The van der Waals surface area contributed by atoms with Crippen molar-refractivity contribution >= 4 is 31.5 Å². The Kier molecular flexibility index (Phi) is 9.24. The highest BCUT2D eigenvalue weighted by atomic mass is 32.1. The third-order valence-corrected chi connectivity index (χ3v) is 14.3. The van der Waals surface area contributed by atoms with Gasteiger partial charge in [0.15, 0.2) is 5.82 Å². The third kappa shape index (κ3) is 6.07. The lowest BCUT2D eigenvalue weighted by Gasteiger charge is -2.34. The fourth-order valence-corrected chi connectivity index (χ4v) is 11.4. The minimum Gasteiger partial charge on any atom is -0.228 e. The van der Waals surface area contributed by atoms with E-state index in [1.54, 1.807) is 0 Å². The molecule has 0 radical (unpaired) electrons. The summed E-state index contributed by atoms with van der Waals surface area (Å²) in [6, 6.07) is 81.9. The molecule has 0 saturated carbocycles. The zero-order valence-corrected chi connectivity index (χ0v) is 36.2. The predicted molar refractivity (Wildman–Crippen MR) is 269 cm³/mol. The predicted octanol–water partition coefficient (Wildman–Crippen LogP) is 16.1. The van der Waals surface area contributed by atoms with E-state index in [0.717, 1.165) is 56.8 Å². The third-order valence-electron chi connectivity index (χ3n) is 13.2. The molecule has 302 valence electrons. The van der Waals surface area contributed by atoms with E-state index in [1.165, 1.54) is 59.1 Å². The van der Waals surface area contributed by atoms with Gasteiger partial charge in [-0.25, -0.2) is 9.97 Å². The van der Waals surface area contributed by atoms with Gasteiger partial charge in [-0.1, -0.05) is 201 Å². The summed E-state index contributed by atoms with van der Waals surface area (Å²) in [5.41, 5.74) is 17.8. The number of benzene rings is 9. The Bertz CT molecular complexity index is 3460. The van der Waals surface area contributed by atoms with E-state index in [1.807, 2.05) is 11.3 Å². The van der Waals surface area contributed by atoms with E-state index >= 15 is 0 Å². The van der Waals surface area contributed by atoms with Gasteiger partial charge in [-0.3, -0.25) is 0 Å². The fraction of sp³-hybridized carbons (Fsp3) is 0.0492. The molecule has 0 bridgehead atoms. The van der Waals surface area contributed by atoms with Gasteiger partial charge in [0.2, 0.25) is 0 Å². The average Bonchev–Trinajstić information content (AvgIpc) is 3.89. The van der Waals surface area contributed by atoms with Crippen LogP contribution in [-0.2, 0) is 11.8 Å². The highest BCUT2D eigenvalue weighted by Gasteiger charge is 2.46. The summed E-state index contributed by atoms with van der Waals surface area (Å²) < 4.78 is 2.58. The molecule has 64 heavy (non-hydrogen) atoms. The fourth-order valence-electron chi connectivity index (χ4n) is 10.3. The van der Waals surface area contributed by atoms with Gasteiger partial charge in [0, 0.05) is 42.4 Å². The maximum absolute atomic E-state index is 5.69. The maximum atomic E-state index is 5.69. The molecule has 0 amide bonds. The Morgan fingerprint density at radius 2 is 0.922 bits per heavy atom. The number of hydrogen-bond donors (Lipinski definition) is 0. The first-order chi connectivity index (χ1) is 31.7. The Labute approximate surface area is 377 Å². The number of nitrogens with zero attached hydrogens (tertiary/aromatic N) is 2. The summed E-state index contributed by atoms with van der Waals surface area (Å²) in [7, 11) is 0. The smallest absolute Gasteiger partial charge is 0.160 e. The van der Waals surface area contributed by atoms with Crippen LogP contribution < -0.4 is 0 Å². The van der Waals surface area contributed by atoms with Gasteiger partial charge in [-0.05, 0) is 92.4 Å². The number of hydrogen-bond acceptors (Lipinski definition) is 3. The van der Waals surface area contributed by atoms with Crippen LogP contribution in [0, 0.1) is 0 Å². The normalized spacial score (nSPS) is 12.6. The molecule has 9 aromatic carbocycles. The first-order valence-corrected chi connectivity index (χ1v) is 22.9. The first kappa shape index (κ1) is 38.0. The number of fused-ring (bicyclic) bond motifs is 6. The van der Waals surface area contributed by atoms with Crippen LogP contribution in [0.1, 0.15) is 34.7 Å². The van der Waals surface area contributed by atoms with Crippen molar-refractivity contribution < 1.29 is 0 Å². The molecule has 0 atom stereocenters. The second-order valence-corrected chi connectivity index (χ2v) is 17.7. The molecule has 0 spiro atoms. The van der Waals surface area contributed by atoms with Gasteiger partial charge in [0.1, 0.15) is 0 Å². The van der Waals surface area contributed by atoms with Crippen LogP contribution >= 0.6 is 11.3 Å². The molecule has 0 aliphatic heterocycles. The second kappa shape index (κ2) is 15.6. The van der Waals surface area contributed by atoms with Crippen molar-refractivity contribution in [2.75, 3.05) is 0 Å². The van der Waals surface area contributed by atoms with Crippen molar-refractivity contribution in [3.05, 3.63) is 252 Å². The summed E-state index contributed by atoms with van der Waals surface area (Å²) >= 11 is 1.86. The van der Waals surface area contributed by atoms with Crippen LogP contribution in [0.5, 0.6) is 0 Å². The van der Waals surface area contributed by atoms with Crippen LogP contribution in [-0.4, -0.2) is 9.97 Å². The molecule has 2 heterocycles. The van der Waals surface area contributed by atoms with E-state index in [-0.39, 0.29) is 0 Å². The van der Waals surface area contributed by atoms with Crippen LogP contribution in [0.3, 0.4) is 0 Å². The molecular formula is C61H42N2S. The van der Waals surface area contributed by atoms with Crippen LogP contribution in [0.25, 0.3) is 87.5 Å². The lowest BCUT2D eigenvalue weighted by Crippen LogP contribution is -2.28. The molecule has 1 aliphatic carbocycles. The highest BCUT2D eigenvalue weighted by molar-refractivity contribution is 7.25. The molecule has 0 fully saturated rings. The summed E-state index contributed by atoms with van der Waals surface area (Å²) in [5, 5.41) is 2.55. The number of aromatic nitrogens is 2. The van der Waals surface area contributed by atoms with E-state index in [4.69, 9.17) is 9.97 Å². The van der Waals surface area contributed by atoms with Crippen LogP contribution in [0.15, 0.2) is 224 Å². The molecule has 12 rings (SSSR count). The van der Waals surface area contributed by atoms with Gasteiger partial charge < -0.3 is 0 Å². The highest BCUT2D eigenvalue weighted by Crippen LogP contribution is 2.58. The van der Waals surface area contributed by atoms with E-state index < -0.39 is 5.41 Å². The van der Waals surface area contributed by atoms with Gasteiger partial charge in [0.25, 0.3) is 0 Å².